The summed E-state index contributed by atoms with van der Waals surface area (Å²) in [4.78, 5) is 13.9. The van der Waals surface area contributed by atoms with E-state index < -0.39 is 4.92 Å². The van der Waals surface area contributed by atoms with Gasteiger partial charge in [0.25, 0.3) is 5.69 Å². The number of aromatic nitrogens is 1. The summed E-state index contributed by atoms with van der Waals surface area (Å²) in [5, 5.41) is 10.5. The number of nitrogens with zero attached hydrogens (tertiary/aromatic N) is 2. The first kappa shape index (κ1) is 12.8. The van der Waals surface area contributed by atoms with E-state index in [1.807, 2.05) is 0 Å². The number of pyridine rings is 1. The fourth-order valence-corrected chi connectivity index (χ4v) is 2.18. The lowest BCUT2D eigenvalue weighted by atomic mass is 9.83. The molecule has 1 fully saturated rings. The smallest absolute Gasteiger partial charge is 0.287 e. The number of nitrogens with two attached hydrogens (primary N) is 1. The number of nitro groups is 1. The first-order chi connectivity index (χ1) is 8.59. The van der Waals surface area contributed by atoms with Gasteiger partial charge in [-0.1, -0.05) is 19.3 Å². The molecule has 0 aromatic carbocycles. The number of hydrogen-bond acceptors (Lipinski definition) is 5. The van der Waals surface area contributed by atoms with Crippen LogP contribution in [-0.4, -0.2) is 22.1 Å². The lowest BCUT2D eigenvalue weighted by Crippen LogP contribution is -2.47. The van der Waals surface area contributed by atoms with Gasteiger partial charge in [0.1, 0.15) is 12.8 Å². The van der Waals surface area contributed by atoms with Gasteiger partial charge in [-0.15, -0.1) is 0 Å². The highest BCUT2D eigenvalue weighted by atomic mass is 16.6. The standard InChI is InChI=1S/C12H17N3O3/c13-12(6-2-1-3-7-12)9-18-11-5-4-10(8-14-11)15(16)17/h4-5,8H,1-3,6-7,9,13H2. The van der Waals surface area contributed by atoms with Crippen molar-refractivity contribution in [1.29, 1.82) is 0 Å². The third-order valence-electron chi connectivity index (χ3n) is 3.29. The van der Waals surface area contributed by atoms with Crippen LogP contribution in [0.25, 0.3) is 0 Å². The molecule has 1 saturated carbocycles. The minimum atomic E-state index is -0.484. The Morgan fingerprint density at radius 2 is 2.11 bits per heavy atom. The van der Waals surface area contributed by atoms with Gasteiger partial charge in [-0.05, 0) is 12.8 Å². The lowest BCUT2D eigenvalue weighted by Gasteiger charge is -2.32. The molecule has 1 heterocycles. The first-order valence-electron chi connectivity index (χ1n) is 6.11. The van der Waals surface area contributed by atoms with Gasteiger partial charge in [0, 0.05) is 12.1 Å². The average molecular weight is 251 g/mol. The van der Waals surface area contributed by atoms with Gasteiger partial charge in [-0.2, -0.15) is 0 Å². The topological polar surface area (TPSA) is 91.3 Å². The SMILES string of the molecule is NC1(COc2ccc([N+](=O)[O-])cn2)CCCCC1. The van der Waals surface area contributed by atoms with E-state index in [1.54, 1.807) is 0 Å². The maximum atomic E-state index is 10.5. The monoisotopic (exact) mass is 251 g/mol. The van der Waals surface area contributed by atoms with E-state index in [0.29, 0.717) is 12.5 Å². The van der Waals surface area contributed by atoms with Gasteiger partial charge in [0.05, 0.1) is 10.5 Å². The van der Waals surface area contributed by atoms with Gasteiger partial charge in [0.2, 0.25) is 5.88 Å². The molecule has 1 aliphatic rings. The van der Waals surface area contributed by atoms with Crippen LogP contribution in [0.5, 0.6) is 5.88 Å². The Morgan fingerprint density at radius 1 is 1.39 bits per heavy atom. The molecule has 1 aliphatic carbocycles. The molecule has 6 heteroatoms. The summed E-state index contributed by atoms with van der Waals surface area (Å²) in [7, 11) is 0. The summed E-state index contributed by atoms with van der Waals surface area (Å²) in [6.07, 6.45) is 6.61. The second-order valence-electron chi connectivity index (χ2n) is 4.82. The second-order valence-corrected chi connectivity index (χ2v) is 4.82. The molecule has 0 radical (unpaired) electrons. The highest BCUT2D eigenvalue weighted by molar-refractivity contribution is 5.28. The van der Waals surface area contributed by atoms with Gasteiger partial charge in [-0.3, -0.25) is 10.1 Å². The first-order valence-corrected chi connectivity index (χ1v) is 6.11. The predicted molar refractivity (Wildman–Crippen MR) is 66.4 cm³/mol. The van der Waals surface area contributed by atoms with Crippen LogP contribution in [0, 0.1) is 10.1 Å². The minimum absolute atomic E-state index is 0.0394. The normalized spacial score (nSPS) is 18.3. The minimum Gasteiger partial charge on any atom is -0.476 e. The summed E-state index contributed by atoms with van der Waals surface area (Å²) in [5.74, 6) is 0.385. The Hall–Kier alpha value is -1.69. The van der Waals surface area contributed by atoms with Gasteiger partial charge in [-0.25, -0.2) is 4.98 Å². The molecule has 1 aromatic rings. The van der Waals surface area contributed by atoms with Crippen molar-refractivity contribution in [3.05, 3.63) is 28.4 Å². The second kappa shape index (κ2) is 5.30. The average Bonchev–Trinajstić information content (AvgIpc) is 2.38. The largest absolute Gasteiger partial charge is 0.476 e. The third-order valence-corrected chi connectivity index (χ3v) is 3.29. The zero-order chi connectivity index (χ0) is 13.0. The fraction of sp³-hybridized carbons (Fsp3) is 0.583. The molecule has 98 valence electrons. The van der Waals surface area contributed by atoms with Crippen LogP contribution < -0.4 is 10.5 Å². The number of rotatable bonds is 4. The van der Waals surface area contributed by atoms with E-state index in [0.717, 1.165) is 25.7 Å². The Labute approximate surface area is 105 Å². The molecular weight excluding hydrogens is 234 g/mol. The van der Waals surface area contributed by atoms with Crippen LogP contribution >= 0.6 is 0 Å². The van der Waals surface area contributed by atoms with Gasteiger partial charge < -0.3 is 10.5 Å². The quantitative estimate of drug-likeness (QED) is 0.653. The Morgan fingerprint density at radius 3 is 2.67 bits per heavy atom. The molecule has 1 aromatic heterocycles. The molecule has 6 nitrogen and oxygen atoms in total. The van der Waals surface area contributed by atoms with Crippen molar-refractivity contribution in [1.82, 2.24) is 4.98 Å². The number of ether oxygens (including phenoxy) is 1. The van der Waals surface area contributed by atoms with Crippen molar-refractivity contribution < 1.29 is 9.66 Å². The molecule has 2 rings (SSSR count). The maximum absolute atomic E-state index is 10.5. The third kappa shape index (κ3) is 3.16. The molecule has 0 atom stereocenters. The van der Waals surface area contributed by atoms with Crippen molar-refractivity contribution in [3.8, 4) is 5.88 Å². The fourth-order valence-electron chi connectivity index (χ4n) is 2.18. The van der Waals surface area contributed by atoms with Gasteiger partial charge in [0.15, 0.2) is 0 Å². The van der Waals surface area contributed by atoms with Crippen LogP contribution in [0.3, 0.4) is 0 Å². The van der Waals surface area contributed by atoms with Crippen molar-refractivity contribution in [2.75, 3.05) is 6.61 Å². The van der Waals surface area contributed by atoms with Crippen molar-refractivity contribution in [3.63, 3.8) is 0 Å². The highest BCUT2D eigenvalue weighted by Gasteiger charge is 2.28. The molecule has 0 bridgehead atoms. The molecule has 0 amide bonds. The van der Waals surface area contributed by atoms with E-state index in [2.05, 4.69) is 4.98 Å². The maximum Gasteiger partial charge on any atom is 0.287 e. The molecule has 0 unspecified atom stereocenters. The van der Waals surface area contributed by atoms with Crippen LogP contribution in [0.2, 0.25) is 0 Å². The van der Waals surface area contributed by atoms with E-state index in [9.17, 15) is 10.1 Å². The van der Waals surface area contributed by atoms with Crippen LogP contribution in [0.4, 0.5) is 5.69 Å². The predicted octanol–water partition coefficient (Wildman–Crippen LogP) is 2.03. The van der Waals surface area contributed by atoms with E-state index in [4.69, 9.17) is 10.5 Å². The summed E-state index contributed by atoms with van der Waals surface area (Å²) in [5.41, 5.74) is 5.91. The summed E-state index contributed by atoms with van der Waals surface area (Å²) >= 11 is 0. The highest BCUT2D eigenvalue weighted by Crippen LogP contribution is 2.26. The molecule has 0 spiro atoms. The summed E-state index contributed by atoms with van der Waals surface area (Å²) in [6, 6.07) is 2.89. The van der Waals surface area contributed by atoms with Crippen LogP contribution in [0.15, 0.2) is 18.3 Å². The zero-order valence-corrected chi connectivity index (χ0v) is 10.2. The molecule has 0 aliphatic heterocycles. The number of hydrogen-bond donors (Lipinski definition) is 1. The summed E-state index contributed by atoms with van der Waals surface area (Å²) < 4.78 is 5.52. The lowest BCUT2D eigenvalue weighted by molar-refractivity contribution is -0.385. The Bertz CT molecular complexity index is 413. The molecule has 18 heavy (non-hydrogen) atoms. The molecular formula is C12H17N3O3. The van der Waals surface area contributed by atoms with Crippen molar-refractivity contribution in [2.24, 2.45) is 5.73 Å². The van der Waals surface area contributed by atoms with Crippen molar-refractivity contribution >= 4 is 5.69 Å². The van der Waals surface area contributed by atoms with Gasteiger partial charge >= 0.3 is 0 Å². The molecule has 0 saturated heterocycles. The van der Waals surface area contributed by atoms with Crippen LogP contribution in [-0.2, 0) is 0 Å². The Kier molecular flexibility index (Phi) is 3.76. The zero-order valence-electron chi connectivity index (χ0n) is 10.2. The van der Waals surface area contributed by atoms with E-state index >= 15 is 0 Å². The van der Waals surface area contributed by atoms with E-state index in [1.165, 1.54) is 24.8 Å². The van der Waals surface area contributed by atoms with E-state index in [-0.39, 0.29) is 11.2 Å². The van der Waals surface area contributed by atoms with Crippen molar-refractivity contribution in [2.45, 2.75) is 37.6 Å². The Balaban J connectivity index is 1.91. The summed E-state index contributed by atoms with van der Waals surface area (Å²) in [6.45, 7) is 0.414. The van der Waals surface area contributed by atoms with Crippen LogP contribution in [0.1, 0.15) is 32.1 Å². The molecule has 2 N–H and O–H groups in total.